The first kappa shape index (κ1) is 21.8. The van der Waals surface area contributed by atoms with Crippen LogP contribution in [-0.2, 0) is 14.4 Å². The Morgan fingerprint density at radius 2 is 1.48 bits per heavy atom. The van der Waals surface area contributed by atoms with Crippen molar-refractivity contribution in [3.05, 3.63) is 90.1 Å². The van der Waals surface area contributed by atoms with E-state index in [1.165, 1.54) is 11.8 Å². The molecule has 33 heavy (non-hydrogen) atoms. The summed E-state index contributed by atoms with van der Waals surface area (Å²) >= 11 is 0. The van der Waals surface area contributed by atoms with Crippen LogP contribution in [0.25, 0.3) is 5.57 Å². The van der Waals surface area contributed by atoms with Crippen LogP contribution in [0.2, 0.25) is 0 Å². The highest BCUT2D eigenvalue weighted by molar-refractivity contribution is 6.46. The van der Waals surface area contributed by atoms with E-state index in [9.17, 15) is 14.4 Å². The maximum absolute atomic E-state index is 13.5. The molecule has 7 nitrogen and oxygen atoms in total. The Kier molecular flexibility index (Phi) is 5.95. The van der Waals surface area contributed by atoms with Gasteiger partial charge in [0.05, 0.1) is 11.3 Å². The van der Waals surface area contributed by atoms with Crippen molar-refractivity contribution in [1.29, 1.82) is 0 Å². The van der Waals surface area contributed by atoms with Gasteiger partial charge >= 0.3 is 0 Å². The monoisotopic (exact) mass is 440 g/mol. The van der Waals surface area contributed by atoms with Crippen LogP contribution in [0.1, 0.15) is 12.5 Å². The lowest BCUT2D eigenvalue weighted by Gasteiger charge is -2.19. The number of carbonyl (C=O) groups is 3. The van der Waals surface area contributed by atoms with Gasteiger partial charge in [-0.1, -0.05) is 36.4 Å². The van der Waals surface area contributed by atoms with E-state index in [1.807, 2.05) is 67.5 Å². The Labute approximate surface area is 192 Å². The summed E-state index contributed by atoms with van der Waals surface area (Å²) in [5, 5.41) is 5.84. The molecule has 0 aliphatic carbocycles. The van der Waals surface area contributed by atoms with E-state index >= 15 is 0 Å². The molecular weight excluding hydrogens is 416 g/mol. The summed E-state index contributed by atoms with van der Waals surface area (Å²) in [4.78, 5) is 41.4. The van der Waals surface area contributed by atoms with Crippen molar-refractivity contribution in [2.24, 2.45) is 0 Å². The van der Waals surface area contributed by atoms with Crippen molar-refractivity contribution in [2.75, 3.05) is 34.5 Å². The predicted molar refractivity (Wildman–Crippen MR) is 131 cm³/mol. The zero-order valence-electron chi connectivity index (χ0n) is 18.6. The van der Waals surface area contributed by atoms with Crippen molar-refractivity contribution in [2.45, 2.75) is 6.92 Å². The number of carbonyl (C=O) groups excluding carboxylic acids is 3. The molecule has 0 saturated carbocycles. The molecule has 0 atom stereocenters. The summed E-state index contributed by atoms with van der Waals surface area (Å²) in [5.41, 5.74) is 3.81. The Hall–Kier alpha value is -4.39. The Bertz CT molecular complexity index is 1250. The second-order valence-corrected chi connectivity index (χ2v) is 7.86. The van der Waals surface area contributed by atoms with Crippen LogP contribution >= 0.6 is 0 Å². The molecule has 0 spiro atoms. The highest BCUT2D eigenvalue weighted by Crippen LogP contribution is 2.35. The molecule has 2 N–H and O–H groups in total. The molecule has 1 aliphatic heterocycles. The Morgan fingerprint density at radius 3 is 2.12 bits per heavy atom. The summed E-state index contributed by atoms with van der Waals surface area (Å²) in [6, 6.07) is 23.4. The second-order valence-electron chi connectivity index (χ2n) is 7.86. The molecule has 166 valence electrons. The van der Waals surface area contributed by atoms with Gasteiger partial charge in [0.25, 0.3) is 11.8 Å². The molecule has 0 radical (unpaired) electrons. The van der Waals surface area contributed by atoms with E-state index in [1.54, 1.807) is 30.3 Å². The van der Waals surface area contributed by atoms with Gasteiger partial charge < -0.3 is 15.5 Å². The number of hydrogen-bond donors (Lipinski definition) is 2. The summed E-state index contributed by atoms with van der Waals surface area (Å²) in [6.45, 7) is 1.44. The van der Waals surface area contributed by atoms with Crippen molar-refractivity contribution < 1.29 is 14.4 Å². The number of hydrogen-bond acceptors (Lipinski definition) is 5. The molecule has 0 bridgehead atoms. The van der Waals surface area contributed by atoms with Gasteiger partial charge in [-0.15, -0.1) is 0 Å². The quantitative estimate of drug-likeness (QED) is 0.564. The van der Waals surface area contributed by atoms with E-state index in [0.29, 0.717) is 28.2 Å². The van der Waals surface area contributed by atoms with E-state index in [2.05, 4.69) is 10.6 Å². The number of imide groups is 1. The minimum absolute atomic E-state index is 0.169. The normalized spacial score (nSPS) is 13.4. The molecular formula is C26H24N4O3. The fourth-order valence-corrected chi connectivity index (χ4v) is 3.65. The van der Waals surface area contributed by atoms with Gasteiger partial charge in [0.1, 0.15) is 5.70 Å². The second kappa shape index (κ2) is 9.00. The number of rotatable bonds is 6. The summed E-state index contributed by atoms with van der Waals surface area (Å²) in [6.07, 6.45) is 0. The Balaban J connectivity index is 1.74. The number of anilines is 4. The van der Waals surface area contributed by atoms with Crippen LogP contribution in [0.3, 0.4) is 0 Å². The summed E-state index contributed by atoms with van der Waals surface area (Å²) in [5.74, 6) is -0.989. The van der Waals surface area contributed by atoms with E-state index < -0.39 is 5.91 Å². The lowest BCUT2D eigenvalue weighted by molar-refractivity contribution is -0.120. The third-order valence-electron chi connectivity index (χ3n) is 5.23. The largest absolute Gasteiger partial charge is 0.378 e. The number of nitrogens with one attached hydrogen (secondary N) is 2. The smallest absolute Gasteiger partial charge is 0.282 e. The molecule has 3 aromatic carbocycles. The van der Waals surface area contributed by atoms with Gasteiger partial charge in [0.15, 0.2) is 0 Å². The minimum atomic E-state index is -0.430. The maximum Gasteiger partial charge on any atom is 0.282 e. The first-order valence-electron chi connectivity index (χ1n) is 10.5. The third-order valence-corrected chi connectivity index (χ3v) is 5.23. The summed E-state index contributed by atoms with van der Waals surface area (Å²) < 4.78 is 0. The Morgan fingerprint density at radius 1 is 0.818 bits per heavy atom. The fourth-order valence-electron chi connectivity index (χ4n) is 3.65. The maximum atomic E-state index is 13.5. The van der Waals surface area contributed by atoms with Gasteiger partial charge in [-0.3, -0.25) is 14.4 Å². The van der Waals surface area contributed by atoms with E-state index in [0.717, 1.165) is 5.69 Å². The van der Waals surface area contributed by atoms with Crippen LogP contribution < -0.4 is 20.4 Å². The van der Waals surface area contributed by atoms with Gasteiger partial charge in [-0.25, -0.2) is 4.90 Å². The average molecular weight is 441 g/mol. The highest BCUT2D eigenvalue weighted by Gasteiger charge is 2.40. The SMILES string of the molecule is CC(=O)Nc1ccc(NC2=C(c3ccccc3)C(=O)N(c3cccc(N(C)C)c3)C2=O)cc1. The topological polar surface area (TPSA) is 81.8 Å². The van der Waals surface area contributed by atoms with Crippen LogP contribution in [0.4, 0.5) is 22.7 Å². The van der Waals surface area contributed by atoms with Gasteiger partial charge in [-0.05, 0) is 48.0 Å². The van der Waals surface area contributed by atoms with Gasteiger partial charge in [-0.2, -0.15) is 0 Å². The zero-order chi connectivity index (χ0) is 23.5. The van der Waals surface area contributed by atoms with Crippen molar-refractivity contribution >= 4 is 46.0 Å². The molecule has 3 amide bonds. The average Bonchev–Trinajstić information content (AvgIpc) is 3.04. The minimum Gasteiger partial charge on any atom is -0.378 e. The van der Waals surface area contributed by atoms with Crippen molar-refractivity contribution in [1.82, 2.24) is 0 Å². The van der Waals surface area contributed by atoms with Crippen molar-refractivity contribution in [3.63, 3.8) is 0 Å². The van der Waals surface area contributed by atoms with Crippen LogP contribution in [-0.4, -0.2) is 31.8 Å². The van der Waals surface area contributed by atoms with Crippen LogP contribution in [0.5, 0.6) is 0 Å². The number of nitrogens with zero attached hydrogens (tertiary/aromatic N) is 2. The molecule has 1 aliphatic rings. The molecule has 0 saturated heterocycles. The third kappa shape index (κ3) is 4.48. The molecule has 0 aromatic heterocycles. The first-order chi connectivity index (χ1) is 15.8. The predicted octanol–water partition coefficient (Wildman–Crippen LogP) is 4.11. The molecule has 7 heteroatoms. The fraction of sp³-hybridized carbons (Fsp3) is 0.115. The standard InChI is InChI=1S/C26H24N4O3/c1-17(31)27-19-12-14-20(15-13-19)28-24-23(18-8-5-4-6-9-18)25(32)30(26(24)33)22-11-7-10-21(16-22)29(2)3/h4-16,28H,1-3H3,(H,27,31). The lowest BCUT2D eigenvalue weighted by Crippen LogP contribution is -2.32. The number of amides is 3. The van der Waals surface area contributed by atoms with Crippen LogP contribution in [0.15, 0.2) is 84.6 Å². The molecule has 1 heterocycles. The van der Waals surface area contributed by atoms with E-state index in [4.69, 9.17) is 0 Å². The molecule has 0 fully saturated rings. The molecule has 4 rings (SSSR count). The van der Waals surface area contributed by atoms with Crippen LogP contribution in [0, 0.1) is 0 Å². The molecule has 3 aromatic rings. The van der Waals surface area contributed by atoms with Gasteiger partial charge in [0.2, 0.25) is 5.91 Å². The lowest BCUT2D eigenvalue weighted by atomic mass is 10.0. The summed E-state index contributed by atoms with van der Waals surface area (Å²) in [7, 11) is 3.80. The van der Waals surface area contributed by atoms with Gasteiger partial charge in [0, 0.05) is 38.1 Å². The number of benzene rings is 3. The molecule has 0 unspecified atom stereocenters. The zero-order valence-corrected chi connectivity index (χ0v) is 18.6. The highest BCUT2D eigenvalue weighted by atomic mass is 16.2. The van der Waals surface area contributed by atoms with Crippen molar-refractivity contribution in [3.8, 4) is 0 Å². The first-order valence-corrected chi connectivity index (χ1v) is 10.5. The van der Waals surface area contributed by atoms with E-state index in [-0.39, 0.29) is 17.5 Å².